The second-order valence-corrected chi connectivity index (χ2v) is 6.72. The number of nitrogens with one attached hydrogen (secondary N) is 2. The van der Waals surface area contributed by atoms with Crippen molar-refractivity contribution in [3.05, 3.63) is 42.2 Å². The van der Waals surface area contributed by atoms with E-state index in [1.165, 1.54) is 0 Å². The molecule has 4 rings (SSSR count). The fraction of sp³-hybridized carbons (Fsp3) is 0.474. The van der Waals surface area contributed by atoms with E-state index in [-0.39, 0.29) is 18.3 Å². The molecule has 0 spiro atoms. The summed E-state index contributed by atoms with van der Waals surface area (Å²) in [6, 6.07) is 7.82. The van der Waals surface area contributed by atoms with Crippen molar-refractivity contribution in [1.82, 2.24) is 20.4 Å². The highest BCUT2D eigenvalue weighted by atomic mass is 35.5. The molecule has 2 aliphatic rings. The van der Waals surface area contributed by atoms with Crippen molar-refractivity contribution >= 4 is 18.3 Å². The van der Waals surface area contributed by atoms with Gasteiger partial charge in [-0.05, 0) is 56.1 Å². The van der Waals surface area contributed by atoms with Crippen molar-refractivity contribution in [2.24, 2.45) is 0 Å². The number of amides is 1. The molecule has 0 bridgehead atoms. The highest BCUT2D eigenvalue weighted by Crippen LogP contribution is 2.31. The van der Waals surface area contributed by atoms with Crippen LogP contribution < -0.4 is 20.1 Å². The van der Waals surface area contributed by atoms with Crippen molar-refractivity contribution in [3.8, 4) is 11.5 Å². The number of rotatable bonds is 5. The molecule has 1 aromatic heterocycles. The molecule has 2 N–H and O–H groups in total. The van der Waals surface area contributed by atoms with Gasteiger partial charge in [0.15, 0.2) is 11.5 Å². The predicted molar refractivity (Wildman–Crippen MR) is 104 cm³/mol. The molecule has 146 valence electrons. The molecule has 0 unspecified atom stereocenters. The lowest BCUT2D eigenvalue weighted by atomic mass is 9.87. The maximum Gasteiger partial charge on any atom is 0.248 e. The average Bonchev–Trinajstić information content (AvgIpc) is 3.24. The van der Waals surface area contributed by atoms with Gasteiger partial charge in [0.05, 0.1) is 0 Å². The number of piperidine rings is 1. The second kappa shape index (κ2) is 8.63. The van der Waals surface area contributed by atoms with Crippen molar-refractivity contribution in [1.29, 1.82) is 0 Å². The van der Waals surface area contributed by atoms with Gasteiger partial charge in [0.2, 0.25) is 5.91 Å². The number of carbonyl (C=O) groups excluding carboxylic acids is 1. The number of halogens is 1. The Morgan fingerprint density at radius 3 is 2.74 bits per heavy atom. The first kappa shape index (κ1) is 19.5. The molecule has 27 heavy (non-hydrogen) atoms. The molecule has 2 aromatic rings. The Bertz CT molecular complexity index is 760. The minimum absolute atomic E-state index is 0. The standard InChI is InChI=1S/C19H24N4O3.ClH/c24-18(19(5-9-20-10-6-19)23-11-1-7-22-23)21-8-4-15-2-3-16-17(14-15)26-13-12-25-16;/h1-3,7,11,14,20H,4-6,8-10,12-13H2,(H,21,24);1H. The first-order chi connectivity index (χ1) is 12.8. The Kier molecular flexibility index (Phi) is 6.23. The Hall–Kier alpha value is -2.25. The molecule has 1 amide bonds. The number of carbonyl (C=O) groups is 1. The van der Waals surface area contributed by atoms with Crippen LogP contribution in [0.25, 0.3) is 0 Å². The number of nitrogens with zero attached hydrogens (tertiary/aromatic N) is 2. The summed E-state index contributed by atoms with van der Waals surface area (Å²) in [4.78, 5) is 13.0. The van der Waals surface area contributed by atoms with Crippen LogP contribution in [0.4, 0.5) is 0 Å². The summed E-state index contributed by atoms with van der Waals surface area (Å²) in [5.74, 6) is 1.61. The fourth-order valence-corrected chi connectivity index (χ4v) is 3.65. The minimum Gasteiger partial charge on any atom is -0.486 e. The lowest BCUT2D eigenvalue weighted by molar-refractivity contribution is -0.131. The minimum atomic E-state index is -0.596. The summed E-state index contributed by atoms with van der Waals surface area (Å²) >= 11 is 0. The van der Waals surface area contributed by atoms with E-state index in [9.17, 15) is 4.79 Å². The highest BCUT2D eigenvalue weighted by molar-refractivity contribution is 5.85. The first-order valence-electron chi connectivity index (χ1n) is 9.16. The zero-order valence-corrected chi connectivity index (χ0v) is 16.0. The lowest BCUT2D eigenvalue weighted by Crippen LogP contribution is -2.54. The number of fused-ring (bicyclic) bond motifs is 1. The Balaban J connectivity index is 0.00000210. The smallest absolute Gasteiger partial charge is 0.248 e. The molecule has 2 aliphatic heterocycles. The lowest BCUT2D eigenvalue weighted by Gasteiger charge is -2.36. The van der Waals surface area contributed by atoms with Gasteiger partial charge in [-0.15, -0.1) is 12.4 Å². The summed E-state index contributed by atoms with van der Waals surface area (Å²) in [6.45, 7) is 3.38. The molecule has 0 atom stereocenters. The number of ether oxygens (including phenoxy) is 2. The number of aromatic nitrogens is 2. The van der Waals surface area contributed by atoms with E-state index >= 15 is 0 Å². The van der Waals surface area contributed by atoms with Crippen molar-refractivity contribution in [3.63, 3.8) is 0 Å². The molecule has 1 saturated heterocycles. The number of benzene rings is 1. The Morgan fingerprint density at radius 1 is 1.22 bits per heavy atom. The van der Waals surface area contributed by atoms with Crippen molar-refractivity contribution in [2.75, 3.05) is 32.8 Å². The zero-order chi connectivity index (χ0) is 17.8. The van der Waals surface area contributed by atoms with Gasteiger partial charge in [-0.2, -0.15) is 5.10 Å². The van der Waals surface area contributed by atoms with Gasteiger partial charge in [0.1, 0.15) is 18.8 Å². The number of hydrogen-bond donors (Lipinski definition) is 2. The van der Waals surface area contributed by atoms with Crippen LogP contribution in [0, 0.1) is 0 Å². The van der Waals surface area contributed by atoms with Crippen LogP contribution in [0.15, 0.2) is 36.7 Å². The van der Waals surface area contributed by atoms with Gasteiger partial charge in [0.25, 0.3) is 0 Å². The zero-order valence-electron chi connectivity index (χ0n) is 15.1. The third-order valence-corrected chi connectivity index (χ3v) is 5.10. The normalized spacial score (nSPS) is 17.6. The van der Waals surface area contributed by atoms with E-state index < -0.39 is 5.54 Å². The summed E-state index contributed by atoms with van der Waals surface area (Å²) in [6.07, 6.45) is 5.84. The number of hydrogen-bond acceptors (Lipinski definition) is 5. The average molecular weight is 393 g/mol. The van der Waals surface area contributed by atoms with Gasteiger partial charge in [-0.25, -0.2) is 0 Å². The van der Waals surface area contributed by atoms with E-state index in [0.717, 1.165) is 49.4 Å². The van der Waals surface area contributed by atoms with Crippen molar-refractivity contribution < 1.29 is 14.3 Å². The largest absolute Gasteiger partial charge is 0.486 e. The summed E-state index contributed by atoms with van der Waals surface area (Å²) in [5.41, 5.74) is 0.523. The topological polar surface area (TPSA) is 77.4 Å². The molecule has 0 saturated carbocycles. The third-order valence-electron chi connectivity index (χ3n) is 5.10. The summed E-state index contributed by atoms with van der Waals surface area (Å²) in [7, 11) is 0. The van der Waals surface area contributed by atoms with E-state index in [4.69, 9.17) is 9.47 Å². The monoisotopic (exact) mass is 392 g/mol. The molecular formula is C19H25ClN4O3. The third kappa shape index (κ3) is 4.04. The van der Waals surface area contributed by atoms with Crippen LogP contribution in [-0.2, 0) is 16.8 Å². The van der Waals surface area contributed by atoms with Gasteiger partial charge in [0, 0.05) is 18.9 Å². The van der Waals surface area contributed by atoms with Gasteiger partial charge in [-0.1, -0.05) is 6.07 Å². The van der Waals surface area contributed by atoms with Crippen LogP contribution in [0.1, 0.15) is 18.4 Å². The molecule has 0 aliphatic carbocycles. The molecule has 7 nitrogen and oxygen atoms in total. The SMILES string of the molecule is Cl.O=C(NCCc1ccc2c(c1)OCCO2)C1(n2cccn2)CCNCC1. The van der Waals surface area contributed by atoms with Crippen LogP contribution in [0.2, 0.25) is 0 Å². The molecule has 1 aromatic carbocycles. The molecule has 8 heteroatoms. The first-order valence-corrected chi connectivity index (χ1v) is 9.16. The highest BCUT2D eigenvalue weighted by Gasteiger charge is 2.41. The fourth-order valence-electron chi connectivity index (χ4n) is 3.65. The van der Waals surface area contributed by atoms with Crippen molar-refractivity contribution in [2.45, 2.75) is 24.8 Å². The van der Waals surface area contributed by atoms with Gasteiger partial charge >= 0.3 is 0 Å². The Morgan fingerprint density at radius 2 is 2.00 bits per heavy atom. The summed E-state index contributed by atoms with van der Waals surface area (Å²) < 4.78 is 13.0. The van der Waals surface area contributed by atoms with E-state index in [0.29, 0.717) is 19.8 Å². The van der Waals surface area contributed by atoms with Crippen LogP contribution in [0.3, 0.4) is 0 Å². The molecule has 3 heterocycles. The summed E-state index contributed by atoms with van der Waals surface area (Å²) in [5, 5.41) is 10.8. The molecule has 1 fully saturated rings. The second-order valence-electron chi connectivity index (χ2n) is 6.72. The van der Waals surface area contributed by atoms with Crippen LogP contribution in [-0.4, -0.2) is 48.5 Å². The van der Waals surface area contributed by atoms with Crippen LogP contribution >= 0.6 is 12.4 Å². The molecule has 0 radical (unpaired) electrons. The van der Waals surface area contributed by atoms with E-state index in [1.54, 1.807) is 6.20 Å². The van der Waals surface area contributed by atoms with Gasteiger partial charge in [-0.3, -0.25) is 9.48 Å². The predicted octanol–water partition coefficient (Wildman–Crippen LogP) is 1.51. The van der Waals surface area contributed by atoms with Gasteiger partial charge < -0.3 is 20.1 Å². The van der Waals surface area contributed by atoms with E-state index in [2.05, 4.69) is 15.7 Å². The van der Waals surface area contributed by atoms with Crippen LogP contribution in [0.5, 0.6) is 11.5 Å². The maximum absolute atomic E-state index is 13.0. The molecular weight excluding hydrogens is 368 g/mol. The maximum atomic E-state index is 13.0. The Labute approximate surface area is 164 Å². The van der Waals surface area contributed by atoms with E-state index in [1.807, 2.05) is 35.1 Å². The quantitative estimate of drug-likeness (QED) is 0.806.